The lowest BCUT2D eigenvalue weighted by molar-refractivity contribution is 0.478. The Hall–Kier alpha value is -1.74. The van der Waals surface area contributed by atoms with E-state index in [1.165, 1.54) is 5.56 Å². The molecule has 3 aromatic rings. The number of aryl methyl sites for hydroxylation is 1. The molecule has 0 spiro atoms. The molecule has 0 N–H and O–H groups in total. The van der Waals surface area contributed by atoms with E-state index >= 15 is 0 Å². The van der Waals surface area contributed by atoms with Crippen molar-refractivity contribution in [1.82, 2.24) is 4.98 Å². The van der Waals surface area contributed by atoms with E-state index in [4.69, 9.17) is 4.42 Å². The van der Waals surface area contributed by atoms with Gasteiger partial charge in [0.2, 0.25) is 0 Å². The van der Waals surface area contributed by atoms with Gasteiger partial charge in [0.15, 0.2) is 5.58 Å². The van der Waals surface area contributed by atoms with E-state index in [-0.39, 0.29) is 4.75 Å². The Kier molecular flexibility index (Phi) is 4.53. The van der Waals surface area contributed by atoms with Crippen molar-refractivity contribution in [3.63, 3.8) is 0 Å². The minimum atomic E-state index is 0.136. The third-order valence-corrected chi connectivity index (χ3v) is 5.48. The second kappa shape index (κ2) is 6.57. The highest BCUT2D eigenvalue weighted by Gasteiger charge is 2.26. The quantitative estimate of drug-likeness (QED) is 0.544. The van der Waals surface area contributed by atoms with E-state index in [2.05, 4.69) is 49.2 Å². The summed E-state index contributed by atoms with van der Waals surface area (Å²) in [7, 11) is 0. The fourth-order valence-corrected chi connectivity index (χ4v) is 3.50. The normalized spacial score (nSPS) is 14.1. The Bertz CT molecular complexity index is 704. The fraction of sp³-hybridized carbons (Fsp3) is 0.316. The number of para-hydroxylation sites is 2. The minimum absolute atomic E-state index is 0.136. The summed E-state index contributed by atoms with van der Waals surface area (Å²) in [6.07, 6.45) is 3.28. The highest BCUT2D eigenvalue weighted by molar-refractivity contribution is 8.00. The average molecular weight is 311 g/mol. The van der Waals surface area contributed by atoms with E-state index in [0.717, 1.165) is 35.6 Å². The molecule has 1 heterocycles. The first-order chi connectivity index (χ1) is 10.7. The molecule has 0 unspecified atom stereocenters. The van der Waals surface area contributed by atoms with Crippen LogP contribution < -0.4 is 0 Å². The molecule has 0 radical (unpaired) electrons. The number of oxazole rings is 1. The van der Waals surface area contributed by atoms with E-state index in [1.54, 1.807) is 11.8 Å². The van der Waals surface area contributed by atoms with Gasteiger partial charge in [-0.15, -0.1) is 0 Å². The average Bonchev–Trinajstić information content (AvgIpc) is 2.96. The minimum Gasteiger partial charge on any atom is -0.431 e. The maximum atomic E-state index is 5.87. The number of fused-ring (bicyclic) bond motifs is 1. The molecule has 3 heteroatoms. The van der Waals surface area contributed by atoms with Crippen molar-refractivity contribution in [3.8, 4) is 0 Å². The second-order valence-corrected chi connectivity index (χ2v) is 7.38. The molecule has 0 aliphatic rings. The van der Waals surface area contributed by atoms with Gasteiger partial charge in [-0.1, -0.05) is 61.2 Å². The third-order valence-electron chi connectivity index (χ3n) is 4.14. The van der Waals surface area contributed by atoms with E-state index in [0.29, 0.717) is 0 Å². The zero-order valence-corrected chi connectivity index (χ0v) is 13.9. The molecule has 0 amide bonds. The molecule has 1 atom stereocenters. The molecule has 1 aromatic heterocycles. The van der Waals surface area contributed by atoms with Crippen molar-refractivity contribution in [1.29, 1.82) is 0 Å². The summed E-state index contributed by atoms with van der Waals surface area (Å²) in [5.41, 5.74) is 3.19. The van der Waals surface area contributed by atoms with Gasteiger partial charge in [0.25, 0.3) is 5.22 Å². The van der Waals surface area contributed by atoms with Gasteiger partial charge in [-0.2, -0.15) is 0 Å². The van der Waals surface area contributed by atoms with Crippen LogP contribution in [0.25, 0.3) is 11.1 Å². The van der Waals surface area contributed by atoms with Crippen LogP contribution in [0.1, 0.15) is 32.3 Å². The molecule has 2 nitrogen and oxygen atoms in total. The maximum Gasteiger partial charge on any atom is 0.257 e. The van der Waals surface area contributed by atoms with Crippen molar-refractivity contribution in [2.75, 3.05) is 0 Å². The smallest absolute Gasteiger partial charge is 0.257 e. The number of nitrogens with zero attached hydrogens (tertiary/aromatic N) is 1. The van der Waals surface area contributed by atoms with Gasteiger partial charge in [-0.25, -0.2) is 4.98 Å². The molecular formula is C19H21NOS. The third kappa shape index (κ3) is 3.53. The van der Waals surface area contributed by atoms with Gasteiger partial charge in [0.05, 0.1) is 0 Å². The van der Waals surface area contributed by atoms with Crippen molar-refractivity contribution in [3.05, 3.63) is 60.2 Å². The van der Waals surface area contributed by atoms with Crippen LogP contribution in [0, 0.1) is 0 Å². The molecule has 0 aliphatic carbocycles. The number of hydrogen-bond donors (Lipinski definition) is 0. The largest absolute Gasteiger partial charge is 0.431 e. The first-order valence-electron chi connectivity index (χ1n) is 7.77. The topological polar surface area (TPSA) is 26.0 Å². The summed E-state index contributed by atoms with van der Waals surface area (Å²) in [6, 6.07) is 18.6. The number of thioether (sulfide) groups is 1. The zero-order valence-electron chi connectivity index (χ0n) is 13.1. The summed E-state index contributed by atoms with van der Waals surface area (Å²) in [4.78, 5) is 4.60. The summed E-state index contributed by atoms with van der Waals surface area (Å²) >= 11 is 1.76. The number of hydrogen-bond acceptors (Lipinski definition) is 3. The van der Waals surface area contributed by atoms with Crippen molar-refractivity contribution >= 4 is 22.9 Å². The zero-order chi connectivity index (χ0) is 15.4. The molecule has 0 fully saturated rings. The van der Waals surface area contributed by atoms with Crippen molar-refractivity contribution in [2.45, 2.75) is 43.1 Å². The van der Waals surface area contributed by atoms with Crippen LogP contribution in [-0.4, -0.2) is 9.73 Å². The molecule has 0 saturated heterocycles. The lowest BCUT2D eigenvalue weighted by Gasteiger charge is -2.25. The Morgan fingerprint density at radius 2 is 1.77 bits per heavy atom. The van der Waals surface area contributed by atoms with E-state index in [1.807, 2.05) is 24.3 Å². The van der Waals surface area contributed by atoms with Gasteiger partial charge in [-0.05, 0) is 43.9 Å². The number of aromatic nitrogens is 1. The Balaban J connectivity index is 1.72. The molecule has 0 saturated carbocycles. The first kappa shape index (κ1) is 15.2. The second-order valence-electron chi connectivity index (χ2n) is 5.84. The van der Waals surface area contributed by atoms with Gasteiger partial charge in [0.1, 0.15) is 5.52 Å². The molecule has 0 aliphatic heterocycles. The summed E-state index contributed by atoms with van der Waals surface area (Å²) in [5.74, 6) is 0. The number of rotatable bonds is 6. The Morgan fingerprint density at radius 3 is 2.50 bits per heavy atom. The number of benzene rings is 2. The van der Waals surface area contributed by atoms with Gasteiger partial charge >= 0.3 is 0 Å². The SMILES string of the molecule is CC[C@](C)(CCc1ccccc1)Sc1nc2ccccc2o1. The predicted octanol–water partition coefficient (Wildman–Crippen LogP) is 5.72. The Morgan fingerprint density at radius 1 is 1.05 bits per heavy atom. The monoisotopic (exact) mass is 311 g/mol. The summed E-state index contributed by atoms with van der Waals surface area (Å²) in [6.45, 7) is 4.54. The Labute approximate surface area is 135 Å². The van der Waals surface area contributed by atoms with Gasteiger partial charge < -0.3 is 4.42 Å². The summed E-state index contributed by atoms with van der Waals surface area (Å²) < 4.78 is 6.01. The first-order valence-corrected chi connectivity index (χ1v) is 8.59. The highest BCUT2D eigenvalue weighted by Crippen LogP contribution is 2.39. The fourth-order valence-electron chi connectivity index (χ4n) is 2.46. The molecule has 2 aromatic carbocycles. The van der Waals surface area contributed by atoms with Crippen LogP contribution in [0.3, 0.4) is 0 Å². The molecule has 0 bridgehead atoms. The maximum absolute atomic E-state index is 5.87. The van der Waals surface area contributed by atoms with Crippen molar-refractivity contribution in [2.24, 2.45) is 0 Å². The standard InChI is InChI=1S/C19H21NOS/c1-3-19(2,14-13-15-9-5-4-6-10-15)22-18-20-16-11-7-8-12-17(16)21-18/h4-12H,3,13-14H2,1-2H3/t19-/m1/s1. The van der Waals surface area contributed by atoms with Crippen LogP contribution in [0.15, 0.2) is 64.2 Å². The summed E-state index contributed by atoms with van der Waals surface area (Å²) in [5, 5.41) is 0.776. The molecule has 114 valence electrons. The molecule has 3 rings (SSSR count). The van der Waals surface area contributed by atoms with E-state index < -0.39 is 0 Å². The van der Waals surface area contributed by atoms with Gasteiger partial charge in [-0.3, -0.25) is 0 Å². The van der Waals surface area contributed by atoms with Crippen LogP contribution >= 0.6 is 11.8 Å². The van der Waals surface area contributed by atoms with Crippen molar-refractivity contribution < 1.29 is 4.42 Å². The van der Waals surface area contributed by atoms with Crippen LogP contribution in [0.5, 0.6) is 0 Å². The molecular weight excluding hydrogens is 290 g/mol. The van der Waals surface area contributed by atoms with Crippen LogP contribution in [0.4, 0.5) is 0 Å². The van der Waals surface area contributed by atoms with Crippen LogP contribution in [0.2, 0.25) is 0 Å². The predicted molar refractivity (Wildman–Crippen MR) is 93.3 cm³/mol. The van der Waals surface area contributed by atoms with E-state index in [9.17, 15) is 0 Å². The van der Waals surface area contributed by atoms with Crippen LogP contribution in [-0.2, 0) is 6.42 Å². The molecule has 22 heavy (non-hydrogen) atoms. The lowest BCUT2D eigenvalue weighted by Crippen LogP contribution is -2.19. The highest BCUT2D eigenvalue weighted by atomic mass is 32.2. The lowest BCUT2D eigenvalue weighted by atomic mass is 9.98. The van der Waals surface area contributed by atoms with Gasteiger partial charge in [0, 0.05) is 4.75 Å².